The smallest absolute Gasteiger partial charge is 0.167 e. The van der Waals surface area contributed by atoms with Crippen LogP contribution in [0.3, 0.4) is 0 Å². The van der Waals surface area contributed by atoms with Gasteiger partial charge in [-0.15, -0.1) is 11.3 Å². The van der Waals surface area contributed by atoms with Crippen LogP contribution in [0.1, 0.15) is 25.0 Å². The highest BCUT2D eigenvalue weighted by atomic mass is 32.1. The van der Waals surface area contributed by atoms with Crippen molar-refractivity contribution in [3.05, 3.63) is 139 Å². The van der Waals surface area contributed by atoms with Crippen LogP contribution < -0.4 is 0 Å². The lowest BCUT2D eigenvalue weighted by Gasteiger charge is -2.21. The molecule has 0 unspecified atom stereocenters. The van der Waals surface area contributed by atoms with Crippen LogP contribution in [0.4, 0.5) is 0 Å². The fraction of sp³-hybridized carbons (Fsp3) is 0.0714. The van der Waals surface area contributed by atoms with Crippen molar-refractivity contribution in [1.29, 1.82) is 0 Å². The van der Waals surface area contributed by atoms with Gasteiger partial charge >= 0.3 is 0 Å². The Morgan fingerprint density at radius 3 is 2.06 bits per heavy atom. The fourth-order valence-corrected chi connectivity index (χ4v) is 8.62. The molecule has 0 fully saturated rings. The zero-order valence-corrected chi connectivity index (χ0v) is 26.6. The van der Waals surface area contributed by atoms with Gasteiger partial charge in [-0.1, -0.05) is 117 Å². The molecule has 222 valence electrons. The minimum Gasteiger partial charge on any atom is -0.455 e. The van der Waals surface area contributed by atoms with E-state index in [0.717, 1.165) is 38.6 Å². The second-order valence-corrected chi connectivity index (χ2v) is 13.9. The highest BCUT2D eigenvalue weighted by Crippen LogP contribution is 2.51. The summed E-state index contributed by atoms with van der Waals surface area (Å²) in [6.45, 7) is 4.60. The van der Waals surface area contributed by atoms with Gasteiger partial charge in [0.25, 0.3) is 0 Å². The van der Waals surface area contributed by atoms with Crippen molar-refractivity contribution in [3.63, 3.8) is 0 Å². The molecule has 6 aromatic carbocycles. The van der Waals surface area contributed by atoms with Crippen LogP contribution in [0.2, 0.25) is 0 Å². The third kappa shape index (κ3) is 3.84. The van der Waals surface area contributed by atoms with Gasteiger partial charge in [-0.25, -0.2) is 15.0 Å². The van der Waals surface area contributed by atoms with Gasteiger partial charge in [0.05, 0.1) is 5.56 Å². The summed E-state index contributed by atoms with van der Waals surface area (Å²) in [6, 6.07) is 44.7. The van der Waals surface area contributed by atoms with Crippen LogP contribution >= 0.6 is 11.3 Å². The molecule has 0 saturated carbocycles. The Labute approximate surface area is 275 Å². The highest BCUT2D eigenvalue weighted by Gasteiger charge is 2.37. The lowest BCUT2D eigenvalue weighted by Crippen LogP contribution is -2.14. The number of hydrogen-bond donors (Lipinski definition) is 0. The number of aromatic nitrogens is 3. The van der Waals surface area contributed by atoms with Crippen molar-refractivity contribution in [2.24, 2.45) is 0 Å². The number of rotatable bonds is 3. The molecule has 47 heavy (non-hydrogen) atoms. The number of nitrogens with zero attached hydrogens (tertiary/aromatic N) is 3. The van der Waals surface area contributed by atoms with Gasteiger partial charge in [-0.3, -0.25) is 0 Å². The predicted octanol–water partition coefficient (Wildman–Crippen LogP) is 11.4. The third-order valence-corrected chi connectivity index (χ3v) is 10.9. The van der Waals surface area contributed by atoms with Gasteiger partial charge in [0, 0.05) is 47.5 Å². The molecule has 0 N–H and O–H groups in total. The van der Waals surface area contributed by atoms with Gasteiger partial charge in [-0.2, -0.15) is 0 Å². The summed E-state index contributed by atoms with van der Waals surface area (Å²) >= 11 is 1.80. The van der Waals surface area contributed by atoms with E-state index < -0.39 is 0 Å². The summed E-state index contributed by atoms with van der Waals surface area (Å²) in [4.78, 5) is 15.6. The zero-order chi connectivity index (χ0) is 31.3. The molecule has 5 heteroatoms. The minimum atomic E-state index is -0.132. The maximum atomic E-state index is 6.47. The summed E-state index contributed by atoms with van der Waals surface area (Å²) in [6.07, 6.45) is 0. The molecule has 3 heterocycles. The first-order valence-electron chi connectivity index (χ1n) is 15.9. The molecule has 0 saturated heterocycles. The summed E-state index contributed by atoms with van der Waals surface area (Å²) in [5.74, 6) is 1.88. The lowest BCUT2D eigenvalue weighted by molar-refractivity contribution is 0.660. The Balaban J connectivity index is 1.25. The molecule has 3 aromatic heterocycles. The molecule has 1 aliphatic carbocycles. The maximum Gasteiger partial charge on any atom is 0.167 e. The normalized spacial score (nSPS) is 13.5. The first kappa shape index (κ1) is 26.6. The lowest BCUT2D eigenvalue weighted by atomic mass is 9.82. The van der Waals surface area contributed by atoms with Gasteiger partial charge in [-0.05, 0) is 46.5 Å². The summed E-state index contributed by atoms with van der Waals surface area (Å²) in [7, 11) is 0. The van der Waals surface area contributed by atoms with E-state index in [2.05, 4.69) is 123 Å². The summed E-state index contributed by atoms with van der Waals surface area (Å²) in [5, 5.41) is 4.64. The first-order chi connectivity index (χ1) is 23.0. The average Bonchev–Trinajstić information content (AvgIpc) is 3.76. The number of thiophene rings is 1. The SMILES string of the molecule is CC1(C)c2ccccc2-c2c(-c3nc(-c4ccc5c(c4)sc4ccccc45)nc(-c4cccc5c4oc4ccccc45)n3)cccc21. The van der Waals surface area contributed by atoms with Crippen LogP contribution in [0.15, 0.2) is 132 Å². The number of fused-ring (bicyclic) bond motifs is 9. The van der Waals surface area contributed by atoms with Crippen LogP contribution in [-0.4, -0.2) is 15.0 Å². The van der Waals surface area contributed by atoms with Crippen molar-refractivity contribution in [3.8, 4) is 45.3 Å². The van der Waals surface area contributed by atoms with Crippen molar-refractivity contribution in [2.45, 2.75) is 19.3 Å². The maximum absolute atomic E-state index is 6.47. The largest absolute Gasteiger partial charge is 0.455 e. The molecule has 4 nitrogen and oxygen atoms in total. The first-order valence-corrected chi connectivity index (χ1v) is 16.7. The Morgan fingerprint density at radius 1 is 0.511 bits per heavy atom. The molecule has 0 bridgehead atoms. The monoisotopic (exact) mass is 621 g/mol. The predicted molar refractivity (Wildman–Crippen MR) is 194 cm³/mol. The molecule has 0 atom stereocenters. The third-order valence-electron chi connectivity index (χ3n) is 9.77. The van der Waals surface area contributed by atoms with Crippen molar-refractivity contribution < 1.29 is 4.42 Å². The molecular weight excluding hydrogens is 595 g/mol. The number of benzene rings is 6. The van der Waals surface area contributed by atoms with E-state index in [1.54, 1.807) is 11.3 Å². The van der Waals surface area contributed by atoms with E-state index in [-0.39, 0.29) is 5.41 Å². The molecule has 9 aromatic rings. The van der Waals surface area contributed by atoms with Gasteiger partial charge in [0.1, 0.15) is 11.2 Å². The molecule has 0 aliphatic heterocycles. The topological polar surface area (TPSA) is 51.8 Å². The summed E-state index contributed by atoms with van der Waals surface area (Å²) < 4.78 is 8.95. The molecule has 0 spiro atoms. The van der Waals surface area contributed by atoms with Crippen LogP contribution in [-0.2, 0) is 5.41 Å². The molecule has 1 aliphatic rings. The average molecular weight is 622 g/mol. The van der Waals surface area contributed by atoms with Gasteiger partial charge < -0.3 is 4.42 Å². The van der Waals surface area contributed by atoms with E-state index in [0.29, 0.717) is 17.5 Å². The van der Waals surface area contributed by atoms with Crippen molar-refractivity contribution in [1.82, 2.24) is 15.0 Å². The molecule has 0 amide bonds. The molecule has 10 rings (SSSR count). The van der Waals surface area contributed by atoms with Crippen LogP contribution in [0.5, 0.6) is 0 Å². The fourth-order valence-electron chi connectivity index (χ4n) is 7.48. The van der Waals surface area contributed by atoms with Crippen LogP contribution in [0.25, 0.3) is 87.4 Å². The number of furan rings is 1. The van der Waals surface area contributed by atoms with E-state index in [1.165, 1.54) is 42.4 Å². The van der Waals surface area contributed by atoms with Gasteiger partial charge in [0.15, 0.2) is 17.5 Å². The minimum absolute atomic E-state index is 0.132. The Morgan fingerprint density at radius 2 is 1.15 bits per heavy atom. The number of hydrogen-bond acceptors (Lipinski definition) is 5. The molecular formula is C42H27N3OS. The highest BCUT2D eigenvalue weighted by molar-refractivity contribution is 7.25. The standard InChI is InChI=1S/C42H27N3OS/c1-42(2)32-17-6-3-13-29(32)37-30(15-10-18-33(37)42)40-43-39(24-21-22-27-26-12-5-8-20-35(26)47-36(27)23-24)44-41(45-40)31-16-9-14-28-25-11-4-7-19-34(25)46-38(28)31/h3-23H,1-2H3. The Bertz CT molecular complexity index is 2730. The quantitative estimate of drug-likeness (QED) is 0.197. The number of para-hydroxylation sites is 2. The van der Waals surface area contributed by atoms with Crippen molar-refractivity contribution >= 4 is 53.4 Å². The summed E-state index contributed by atoms with van der Waals surface area (Å²) in [5.41, 5.74) is 9.33. The van der Waals surface area contributed by atoms with E-state index in [9.17, 15) is 0 Å². The second-order valence-electron chi connectivity index (χ2n) is 12.8. The van der Waals surface area contributed by atoms with Gasteiger partial charge in [0.2, 0.25) is 0 Å². The van der Waals surface area contributed by atoms with E-state index >= 15 is 0 Å². The van der Waals surface area contributed by atoms with E-state index in [4.69, 9.17) is 19.4 Å². The molecule has 0 radical (unpaired) electrons. The Hall–Kier alpha value is -5.65. The van der Waals surface area contributed by atoms with Crippen LogP contribution in [0, 0.1) is 0 Å². The zero-order valence-electron chi connectivity index (χ0n) is 25.8. The van der Waals surface area contributed by atoms with Crippen molar-refractivity contribution in [2.75, 3.05) is 0 Å². The Kier molecular flexibility index (Phi) is 5.47. The second kappa shape index (κ2) is 9.68. The van der Waals surface area contributed by atoms with E-state index in [1.807, 2.05) is 18.2 Å².